The Morgan fingerprint density at radius 3 is 2.03 bits per heavy atom. The fraction of sp³-hybridized carbons (Fsp3) is 0.545. The molecule has 10 heteroatoms. The van der Waals surface area contributed by atoms with E-state index in [1.165, 1.54) is 20.8 Å². The Hall–Kier alpha value is -3.14. The highest BCUT2D eigenvalue weighted by Crippen LogP contribution is 2.08. The van der Waals surface area contributed by atoms with E-state index < -0.39 is 53.7 Å². The molecule has 1 aromatic rings. The van der Waals surface area contributed by atoms with Crippen molar-refractivity contribution in [3.63, 3.8) is 0 Å². The number of benzene rings is 1. The maximum atomic E-state index is 12.5. The van der Waals surface area contributed by atoms with Crippen LogP contribution in [0.4, 0.5) is 4.79 Å². The number of carbonyl (C=O) groups excluding carboxylic acids is 4. The third kappa shape index (κ3) is 9.78. The SMILES string of the molecule is C[C@H](NC(=O)OCc1ccccc1)C(=O)N[C@@H](C(=O)N[C@@H](C)C(=O)OC(C)(C)C)[C@H](C)O. The molecule has 0 aliphatic carbocycles. The molecule has 0 heterocycles. The van der Waals surface area contributed by atoms with E-state index in [0.29, 0.717) is 0 Å². The van der Waals surface area contributed by atoms with Gasteiger partial charge in [-0.3, -0.25) is 9.59 Å². The fourth-order valence-corrected chi connectivity index (χ4v) is 2.44. The molecule has 4 N–H and O–H groups in total. The van der Waals surface area contributed by atoms with Crippen molar-refractivity contribution in [3.8, 4) is 0 Å². The van der Waals surface area contributed by atoms with Crippen LogP contribution < -0.4 is 16.0 Å². The number of alkyl carbamates (subject to hydrolysis) is 1. The number of ether oxygens (including phenoxy) is 2. The van der Waals surface area contributed by atoms with Crippen molar-refractivity contribution in [1.29, 1.82) is 0 Å². The lowest BCUT2D eigenvalue weighted by Crippen LogP contribution is -2.58. The van der Waals surface area contributed by atoms with Gasteiger partial charge in [0, 0.05) is 0 Å². The van der Waals surface area contributed by atoms with Gasteiger partial charge in [-0.15, -0.1) is 0 Å². The van der Waals surface area contributed by atoms with Crippen LogP contribution in [0.25, 0.3) is 0 Å². The first-order valence-electron chi connectivity index (χ1n) is 10.3. The second kappa shape index (κ2) is 12.0. The van der Waals surface area contributed by atoms with E-state index in [2.05, 4.69) is 16.0 Å². The van der Waals surface area contributed by atoms with Crippen LogP contribution in [0, 0.1) is 0 Å². The van der Waals surface area contributed by atoms with Crippen molar-refractivity contribution in [2.45, 2.75) is 78.0 Å². The minimum atomic E-state index is -1.35. The minimum absolute atomic E-state index is 0.0300. The maximum Gasteiger partial charge on any atom is 0.408 e. The summed E-state index contributed by atoms with van der Waals surface area (Å²) in [5, 5.41) is 17.1. The van der Waals surface area contributed by atoms with Crippen molar-refractivity contribution in [2.24, 2.45) is 0 Å². The van der Waals surface area contributed by atoms with Crippen molar-refractivity contribution in [1.82, 2.24) is 16.0 Å². The average Bonchev–Trinajstić information content (AvgIpc) is 2.69. The van der Waals surface area contributed by atoms with Gasteiger partial charge in [-0.25, -0.2) is 9.59 Å². The molecule has 10 nitrogen and oxygen atoms in total. The van der Waals surface area contributed by atoms with E-state index in [1.807, 2.05) is 6.07 Å². The molecule has 1 aromatic carbocycles. The second-order valence-electron chi connectivity index (χ2n) is 8.42. The predicted molar refractivity (Wildman–Crippen MR) is 116 cm³/mol. The number of aliphatic hydroxyl groups is 1. The molecule has 0 saturated heterocycles. The van der Waals surface area contributed by atoms with Gasteiger partial charge in [0.15, 0.2) is 0 Å². The normalized spacial score (nSPS) is 14.8. The van der Waals surface area contributed by atoms with Gasteiger partial charge >= 0.3 is 12.1 Å². The summed E-state index contributed by atoms with van der Waals surface area (Å²) in [7, 11) is 0. The molecule has 0 radical (unpaired) electrons. The highest BCUT2D eigenvalue weighted by atomic mass is 16.6. The quantitative estimate of drug-likeness (QED) is 0.410. The first-order valence-corrected chi connectivity index (χ1v) is 10.3. The summed E-state index contributed by atoms with van der Waals surface area (Å²) < 4.78 is 10.3. The molecule has 1 rings (SSSR count). The average molecular weight is 452 g/mol. The van der Waals surface area contributed by atoms with E-state index in [4.69, 9.17) is 9.47 Å². The molecular weight excluding hydrogens is 418 g/mol. The molecule has 0 spiro atoms. The van der Waals surface area contributed by atoms with Crippen LogP contribution in [0.3, 0.4) is 0 Å². The van der Waals surface area contributed by atoms with Crippen LogP contribution in [0.2, 0.25) is 0 Å². The van der Waals surface area contributed by atoms with Crippen LogP contribution in [0.1, 0.15) is 47.1 Å². The molecule has 0 aromatic heterocycles. The number of esters is 1. The Balaban J connectivity index is 2.60. The summed E-state index contributed by atoms with van der Waals surface area (Å²) in [4.78, 5) is 48.9. The first-order chi connectivity index (χ1) is 14.8. The Bertz CT molecular complexity index is 790. The summed E-state index contributed by atoms with van der Waals surface area (Å²) in [6, 6.07) is 5.62. The molecule has 0 bridgehead atoms. The molecule has 0 unspecified atom stereocenters. The van der Waals surface area contributed by atoms with Crippen LogP contribution >= 0.6 is 0 Å². The Morgan fingerprint density at radius 1 is 0.906 bits per heavy atom. The van der Waals surface area contributed by atoms with Crippen LogP contribution in [0.15, 0.2) is 30.3 Å². The van der Waals surface area contributed by atoms with Gasteiger partial charge < -0.3 is 30.5 Å². The molecule has 178 valence electrons. The van der Waals surface area contributed by atoms with Crippen molar-refractivity contribution < 1.29 is 33.8 Å². The largest absolute Gasteiger partial charge is 0.458 e. The highest BCUT2D eigenvalue weighted by molar-refractivity contribution is 5.93. The molecule has 0 aliphatic heterocycles. The van der Waals surface area contributed by atoms with Gasteiger partial charge in [0.2, 0.25) is 11.8 Å². The van der Waals surface area contributed by atoms with Gasteiger partial charge in [0.1, 0.15) is 30.3 Å². The monoisotopic (exact) mass is 451 g/mol. The second-order valence-corrected chi connectivity index (χ2v) is 8.42. The van der Waals surface area contributed by atoms with E-state index in [1.54, 1.807) is 45.0 Å². The van der Waals surface area contributed by atoms with Crippen LogP contribution in [0.5, 0.6) is 0 Å². The predicted octanol–water partition coefficient (Wildman–Crippen LogP) is 1.01. The van der Waals surface area contributed by atoms with Crippen LogP contribution in [-0.4, -0.2) is 58.8 Å². The van der Waals surface area contributed by atoms with Crippen molar-refractivity contribution >= 4 is 23.9 Å². The Labute approximate surface area is 188 Å². The van der Waals surface area contributed by atoms with Crippen LogP contribution in [-0.2, 0) is 30.5 Å². The number of aliphatic hydroxyl groups excluding tert-OH is 1. The van der Waals surface area contributed by atoms with Gasteiger partial charge in [0.05, 0.1) is 6.10 Å². The Morgan fingerprint density at radius 2 is 1.50 bits per heavy atom. The molecular formula is C22H33N3O7. The first kappa shape index (κ1) is 26.9. The van der Waals surface area contributed by atoms with Gasteiger partial charge in [-0.05, 0) is 47.1 Å². The summed E-state index contributed by atoms with van der Waals surface area (Å²) in [5.74, 6) is -2.14. The number of nitrogens with one attached hydrogen (secondary N) is 3. The third-order valence-electron chi connectivity index (χ3n) is 4.12. The summed E-state index contributed by atoms with van der Waals surface area (Å²) in [6.07, 6.45) is -2.07. The van der Waals surface area contributed by atoms with Gasteiger partial charge in [-0.1, -0.05) is 30.3 Å². The van der Waals surface area contributed by atoms with E-state index >= 15 is 0 Å². The molecule has 4 atom stereocenters. The Kier molecular flexibility index (Phi) is 10.1. The van der Waals surface area contributed by atoms with E-state index in [9.17, 15) is 24.3 Å². The standard InChI is InChI=1S/C22H33N3O7/c1-13(24-21(30)31-12-16-10-8-7-9-11-16)18(27)25-17(15(3)26)19(28)23-14(2)20(29)32-22(4,5)6/h7-11,13-15,17,26H,12H2,1-6H3,(H,23,28)(H,24,30)(H,25,27)/t13-,14-,15-,17+/m0/s1. The minimum Gasteiger partial charge on any atom is -0.458 e. The number of hydrogen-bond acceptors (Lipinski definition) is 7. The maximum absolute atomic E-state index is 12.5. The topological polar surface area (TPSA) is 143 Å². The number of carbonyl (C=O) groups is 4. The number of amides is 3. The zero-order chi connectivity index (χ0) is 24.5. The summed E-state index contributed by atoms with van der Waals surface area (Å²) in [6.45, 7) is 9.25. The zero-order valence-corrected chi connectivity index (χ0v) is 19.3. The lowest BCUT2D eigenvalue weighted by Gasteiger charge is -2.26. The molecule has 3 amide bonds. The van der Waals surface area contributed by atoms with Gasteiger partial charge in [0.25, 0.3) is 0 Å². The molecule has 0 saturated carbocycles. The highest BCUT2D eigenvalue weighted by Gasteiger charge is 2.31. The van der Waals surface area contributed by atoms with E-state index in [0.717, 1.165) is 5.56 Å². The van der Waals surface area contributed by atoms with E-state index in [-0.39, 0.29) is 6.61 Å². The number of rotatable bonds is 9. The summed E-state index contributed by atoms with van der Waals surface area (Å²) >= 11 is 0. The zero-order valence-electron chi connectivity index (χ0n) is 19.3. The third-order valence-corrected chi connectivity index (χ3v) is 4.12. The van der Waals surface area contributed by atoms with Gasteiger partial charge in [-0.2, -0.15) is 0 Å². The number of hydrogen-bond donors (Lipinski definition) is 4. The fourth-order valence-electron chi connectivity index (χ4n) is 2.44. The molecule has 0 fully saturated rings. The molecule has 0 aliphatic rings. The smallest absolute Gasteiger partial charge is 0.408 e. The summed E-state index contributed by atoms with van der Waals surface area (Å²) in [5.41, 5.74) is 0.0502. The lowest BCUT2D eigenvalue weighted by molar-refractivity contribution is -0.158. The van der Waals surface area contributed by atoms with Crippen molar-refractivity contribution in [2.75, 3.05) is 0 Å². The van der Waals surface area contributed by atoms with Crippen molar-refractivity contribution in [3.05, 3.63) is 35.9 Å². The molecule has 32 heavy (non-hydrogen) atoms. The lowest BCUT2D eigenvalue weighted by atomic mass is 10.1.